The van der Waals surface area contributed by atoms with E-state index >= 15 is 0 Å². The lowest BCUT2D eigenvalue weighted by Gasteiger charge is -2.32. The highest BCUT2D eigenvalue weighted by atomic mass is 15.6. The topological polar surface area (TPSA) is 55.6 Å². The zero-order valence-electron chi connectivity index (χ0n) is 19.5. The molecule has 0 aliphatic rings. The first-order valence-electron chi connectivity index (χ1n) is 11.1. The molecule has 0 bridgehead atoms. The minimum absolute atomic E-state index is 0.132. The second-order valence-corrected chi connectivity index (χ2v) is 9.87. The zero-order chi connectivity index (χ0) is 22.3. The molecule has 0 spiro atoms. The Morgan fingerprint density at radius 1 is 0.903 bits per heavy atom. The molecule has 0 saturated heterocycles. The lowest BCUT2D eigenvalue weighted by atomic mass is 9.82. The molecule has 5 nitrogen and oxygen atoms in total. The van der Waals surface area contributed by atoms with Crippen LogP contribution in [0.1, 0.15) is 64.4 Å². The lowest BCUT2D eigenvalue weighted by molar-refractivity contribution is 0.190. The van der Waals surface area contributed by atoms with E-state index in [1.165, 1.54) is 16.7 Å². The van der Waals surface area contributed by atoms with Gasteiger partial charge in [0.05, 0.1) is 12.1 Å². The summed E-state index contributed by atoms with van der Waals surface area (Å²) in [4.78, 5) is 0. The van der Waals surface area contributed by atoms with Crippen LogP contribution in [-0.2, 0) is 12.1 Å². The van der Waals surface area contributed by atoms with Gasteiger partial charge in [0.15, 0.2) is 5.82 Å². The van der Waals surface area contributed by atoms with Crippen molar-refractivity contribution < 1.29 is 0 Å². The fourth-order valence-electron chi connectivity index (χ4n) is 4.32. The van der Waals surface area contributed by atoms with E-state index in [0.717, 1.165) is 25.2 Å². The van der Waals surface area contributed by atoms with Gasteiger partial charge in [0.2, 0.25) is 0 Å². The third-order valence-corrected chi connectivity index (χ3v) is 5.19. The van der Waals surface area contributed by atoms with Crippen LogP contribution in [-0.4, -0.2) is 26.8 Å². The summed E-state index contributed by atoms with van der Waals surface area (Å²) in [6, 6.07) is 21.1. The van der Waals surface area contributed by atoms with E-state index in [9.17, 15) is 0 Å². The van der Waals surface area contributed by atoms with Crippen LogP contribution in [0.5, 0.6) is 0 Å². The van der Waals surface area contributed by atoms with Gasteiger partial charge in [0.1, 0.15) is 0 Å². The Hall–Kier alpha value is -2.79. The molecule has 0 radical (unpaired) electrons. The molecular weight excluding hydrogens is 382 g/mol. The first-order chi connectivity index (χ1) is 14.8. The van der Waals surface area contributed by atoms with Crippen molar-refractivity contribution in [3.8, 4) is 0 Å². The van der Waals surface area contributed by atoms with Gasteiger partial charge in [-0.25, -0.2) is 4.68 Å². The normalized spacial score (nSPS) is 12.0. The molecule has 164 valence electrons. The summed E-state index contributed by atoms with van der Waals surface area (Å²) in [5.41, 5.74) is 3.81. The van der Waals surface area contributed by atoms with Gasteiger partial charge in [0, 0.05) is 0 Å². The Morgan fingerprint density at radius 3 is 2.03 bits per heavy atom. The van der Waals surface area contributed by atoms with Crippen LogP contribution in [0.2, 0.25) is 0 Å². The van der Waals surface area contributed by atoms with Crippen LogP contribution < -0.4 is 5.32 Å². The second kappa shape index (κ2) is 10.0. The molecule has 0 amide bonds. The van der Waals surface area contributed by atoms with Gasteiger partial charge in [-0.2, -0.15) is 0 Å². The fourth-order valence-corrected chi connectivity index (χ4v) is 4.32. The van der Waals surface area contributed by atoms with Gasteiger partial charge in [0.25, 0.3) is 0 Å². The number of benzene rings is 2. The minimum Gasteiger partial charge on any atom is -0.309 e. The van der Waals surface area contributed by atoms with Crippen molar-refractivity contribution in [1.82, 2.24) is 25.5 Å². The number of aromatic nitrogens is 4. The maximum absolute atomic E-state index is 4.28. The maximum atomic E-state index is 4.28. The number of hydrogen-bond donors (Lipinski definition) is 1. The van der Waals surface area contributed by atoms with Crippen molar-refractivity contribution in [2.75, 3.05) is 6.54 Å². The predicted molar refractivity (Wildman–Crippen MR) is 127 cm³/mol. The van der Waals surface area contributed by atoms with Crippen LogP contribution in [0.3, 0.4) is 0 Å². The molecular formula is C26H35N5. The number of rotatable bonds is 9. The highest BCUT2D eigenvalue weighted by molar-refractivity contribution is 5.79. The SMILES string of the molecule is CC(C)(C)CC(C)(C)n1nnnc1CNCCC=C(c1ccccc1)c1ccccc1. The van der Waals surface area contributed by atoms with E-state index in [1.54, 1.807) is 0 Å². The van der Waals surface area contributed by atoms with E-state index in [1.807, 2.05) is 4.68 Å². The summed E-state index contributed by atoms with van der Waals surface area (Å²) >= 11 is 0. The minimum atomic E-state index is -0.132. The molecule has 3 aromatic rings. The fraction of sp³-hybridized carbons (Fsp3) is 0.423. The number of tetrazole rings is 1. The summed E-state index contributed by atoms with van der Waals surface area (Å²) in [6.45, 7) is 12.7. The van der Waals surface area contributed by atoms with Crippen molar-refractivity contribution >= 4 is 5.57 Å². The summed E-state index contributed by atoms with van der Waals surface area (Å²) in [6.07, 6.45) is 4.23. The molecule has 0 aliphatic heterocycles. The molecule has 0 unspecified atom stereocenters. The van der Waals surface area contributed by atoms with Crippen LogP contribution in [0.4, 0.5) is 0 Å². The van der Waals surface area contributed by atoms with Crippen molar-refractivity contribution in [2.45, 2.75) is 59.5 Å². The molecule has 31 heavy (non-hydrogen) atoms. The summed E-state index contributed by atoms with van der Waals surface area (Å²) in [5, 5.41) is 16.0. The number of nitrogens with one attached hydrogen (secondary N) is 1. The van der Waals surface area contributed by atoms with Crippen molar-refractivity contribution in [3.05, 3.63) is 83.7 Å². The first-order valence-corrected chi connectivity index (χ1v) is 11.1. The third kappa shape index (κ3) is 6.59. The van der Waals surface area contributed by atoms with E-state index in [-0.39, 0.29) is 11.0 Å². The molecule has 0 saturated carbocycles. The standard InChI is InChI=1S/C26H35N5/c1-25(2,3)20-26(4,5)31-24(28-29-30-31)19-27-18-12-17-23(21-13-8-6-9-14-21)22-15-10-7-11-16-22/h6-11,13-17,27H,12,18-20H2,1-5H3. The van der Waals surface area contributed by atoms with E-state index in [2.05, 4.69) is 122 Å². The molecule has 1 heterocycles. The quantitative estimate of drug-likeness (QED) is 0.470. The first kappa shape index (κ1) is 22.9. The molecule has 1 aromatic heterocycles. The van der Waals surface area contributed by atoms with Crippen molar-refractivity contribution in [1.29, 1.82) is 0 Å². The van der Waals surface area contributed by atoms with E-state index in [4.69, 9.17) is 0 Å². The Kier molecular flexibility index (Phi) is 7.39. The molecule has 0 atom stereocenters. The molecule has 3 rings (SSSR count). The summed E-state index contributed by atoms with van der Waals surface area (Å²) < 4.78 is 1.97. The highest BCUT2D eigenvalue weighted by Crippen LogP contribution is 2.32. The Morgan fingerprint density at radius 2 is 1.48 bits per heavy atom. The van der Waals surface area contributed by atoms with Crippen LogP contribution in [0, 0.1) is 5.41 Å². The third-order valence-electron chi connectivity index (χ3n) is 5.19. The zero-order valence-corrected chi connectivity index (χ0v) is 19.5. The number of hydrogen-bond acceptors (Lipinski definition) is 4. The molecule has 2 aromatic carbocycles. The second-order valence-electron chi connectivity index (χ2n) is 9.87. The largest absolute Gasteiger partial charge is 0.309 e. The molecule has 5 heteroatoms. The maximum Gasteiger partial charge on any atom is 0.165 e. The Bertz CT molecular complexity index is 924. The van der Waals surface area contributed by atoms with Gasteiger partial charge in [-0.1, -0.05) is 87.5 Å². The monoisotopic (exact) mass is 417 g/mol. The van der Waals surface area contributed by atoms with Crippen molar-refractivity contribution in [2.24, 2.45) is 5.41 Å². The highest BCUT2D eigenvalue weighted by Gasteiger charge is 2.30. The Balaban J connectivity index is 1.63. The molecule has 0 aliphatic carbocycles. The van der Waals surface area contributed by atoms with Crippen LogP contribution in [0.25, 0.3) is 5.57 Å². The predicted octanol–water partition coefficient (Wildman–Crippen LogP) is 5.46. The van der Waals surface area contributed by atoms with Gasteiger partial charge in [-0.3, -0.25) is 0 Å². The number of nitrogens with zero attached hydrogens (tertiary/aromatic N) is 4. The summed E-state index contributed by atoms with van der Waals surface area (Å²) in [5.74, 6) is 0.879. The molecule has 0 fully saturated rings. The van der Waals surface area contributed by atoms with E-state index in [0.29, 0.717) is 6.54 Å². The lowest BCUT2D eigenvalue weighted by Crippen LogP contribution is -2.35. The van der Waals surface area contributed by atoms with Crippen LogP contribution >= 0.6 is 0 Å². The van der Waals surface area contributed by atoms with Gasteiger partial charge in [-0.05, 0) is 65.8 Å². The van der Waals surface area contributed by atoms with E-state index < -0.39 is 0 Å². The average Bonchev–Trinajstić information content (AvgIpc) is 3.20. The molecule has 1 N–H and O–H groups in total. The summed E-state index contributed by atoms with van der Waals surface area (Å²) in [7, 11) is 0. The Labute approximate surface area is 186 Å². The average molecular weight is 418 g/mol. The van der Waals surface area contributed by atoms with Crippen LogP contribution in [0.15, 0.2) is 66.7 Å². The van der Waals surface area contributed by atoms with Gasteiger partial charge < -0.3 is 5.32 Å². The van der Waals surface area contributed by atoms with Gasteiger partial charge >= 0.3 is 0 Å². The smallest absolute Gasteiger partial charge is 0.165 e. The van der Waals surface area contributed by atoms with Crippen molar-refractivity contribution in [3.63, 3.8) is 0 Å². The van der Waals surface area contributed by atoms with Gasteiger partial charge in [-0.15, -0.1) is 5.10 Å².